The summed E-state index contributed by atoms with van der Waals surface area (Å²) in [6.07, 6.45) is 4.99. The van der Waals surface area contributed by atoms with E-state index in [0.717, 1.165) is 37.4 Å². The van der Waals surface area contributed by atoms with Gasteiger partial charge in [-0.15, -0.1) is 0 Å². The number of benzene rings is 2. The number of para-hydroxylation sites is 1. The minimum absolute atomic E-state index is 0.123. The molecule has 2 aromatic carbocycles. The van der Waals surface area contributed by atoms with Crippen LogP contribution in [0, 0.1) is 11.7 Å². The number of anilines is 1. The van der Waals surface area contributed by atoms with Gasteiger partial charge in [0, 0.05) is 45.0 Å². The maximum atomic E-state index is 13.1. The van der Waals surface area contributed by atoms with Crippen molar-refractivity contribution in [2.45, 2.75) is 38.1 Å². The van der Waals surface area contributed by atoms with E-state index in [-0.39, 0.29) is 11.7 Å². The summed E-state index contributed by atoms with van der Waals surface area (Å²) >= 11 is 0. The predicted octanol–water partition coefficient (Wildman–Crippen LogP) is 4.21. The smallest absolute Gasteiger partial charge is 0.226 e. The van der Waals surface area contributed by atoms with E-state index in [1.807, 2.05) is 11.9 Å². The molecule has 1 amide bonds. The van der Waals surface area contributed by atoms with E-state index < -0.39 is 0 Å². The Morgan fingerprint density at radius 2 is 1.71 bits per heavy atom. The Hall–Kier alpha value is -2.40. The van der Waals surface area contributed by atoms with Crippen molar-refractivity contribution in [3.8, 4) is 0 Å². The molecule has 166 valence electrons. The zero-order chi connectivity index (χ0) is 21.6. The van der Waals surface area contributed by atoms with Crippen molar-refractivity contribution >= 4 is 11.6 Å². The second-order valence-electron chi connectivity index (χ2n) is 9.13. The Kier molecular flexibility index (Phi) is 7.23. The van der Waals surface area contributed by atoms with Crippen LogP contribution in [0.3, 0.4) is 0 Å². The summed E-state index contributed by atoms with van der Waals surface area (Å²) in [5.74, 6) is 0.689. The third kappa shape index (κ3) is 5.85. The molecule has 2 aliphatic rings. The van der Waals surface area contributed by atoms with Crippen LogP contribution in [0.4, 0.5) is 10.1 Å². The lowest BCUT2D eigenvalue weighted by Crippen LogP contribution is -2.47. The number of rotatable bonds is 8. The average molecular weight is 424 g/mol. The van der Waals surface area contributed by atoms with Gasteiger partial charge in [0.1, 0.15) is 5.82 Å². The van der Waals surface area contributed by atoms with Crippen LogP contribution in [-0.2, 0) is 11.2 Å². The SMILES string of the molecule is CN(C(=O)Cc1ccc(F)cc1)C1CCN(CCCC2CN(c3ccccc3)C2)CC1. The lowest BCUT2D eigenvalue weighted by Gasteiger charge is -2.42. The van der Waals surface area contributed by atoms with Crippen molar-refractivity contribution in [3.05, 3.63) is 66.0 Å². The van der Waals surface area contributed by atoms with Gasteiger partial charge in [-0.3, -0.25) is 4.79 Å². The van der Waals surface area contributed by atoms with E-state index >= 15 is 0 Å². The Bertz CT molecular complexity index is 827. The number of likely N-dealkylation sites (N-methyl/N-ethyl adjacent to an activating group) is 1. The third-order valence-corrected chi connectivity index (χ3v) is 6.93. The molecule has 0 aromatic heterocycles. The number of likely N-dealkylation sites (tertiary alicyclic amines) is 1. The van der Waals surface area contributed by atoms with Gasteiger partial charge in [0.25, 0.3) is 0 Å². The highest BCUT2D eigenvalue weighted by molar-refractivity contribution is 5.78. The minimum atomic E-state index is -0.261. The maximum absolute atomic E-state index is 13.1. The second-order valence-corrected chi connectivity index (χ2v) is 9.13. The molecule has 4 rings (SSSR count). The van der Waals surface area contributed by atoms with Gasteiger partial charge in [0.15, 0.2) is 0 Å². The largest absolute Gasteiger partial charge is 0.371 e. The van der Waals surface area contributed by atoms with Crippen LogP contribution in [0.5, 0.6) is 0 Å². The fourth-order valence-electron chi connectivity index (χ4n) is 4.84. The molecule has 31 heavy (non-hydrogen) atoms. The first-order valence-electron chi connectivity index (χ1n) is 11.6. The van der Waals surface area contributed by atoms with Gasteiger partial charge in [-0.1, -0.05) is 30.3 Å². The molecule has 0 saturated carbocycles. The normalized spacial score (nSPS) is 18.1. The van der Waals surface area contributed by atoms with Crippen molar-refractivity contribution in [3.63, 3.8) is 0 Å². The molecule has 5 heteroatoms. The summed E-state index contributed by atoms with van der Waals surface area (Å²) in [6, 6.07) is 17.2. The van der Waals surface area contributed by atoms with E-state index in [4.69, 9.17) is 0 Å². The minimum Gasteiger partial charge on any atom is -0.371 e. The molecule has 0 radical (unpaired) electrons. The molecule has 2 fully saturated rings. The van der Waals surface area contributed by atoms with E-state index in [1.54, 1.807) is 12.1 Å². The Morgan fingerprint density at radius 1 is 1.03 bits per heavy atom. The monoisotopic (exact) mass is 423 g/mol. The topological polar surface area (TPSA) is 26.8 Å². The number of amides is 1. The van der Waals surface area contributed by atoms with Gasteiger partial charge in [-0.2, -0.15) is 0 Å². The summed E-state index contributed by atoms with van der Waals surface area (Å²) in [4.78, 5) is 19.5. The molecule has 0 unspecified atom stereocenters. The standard InChI is InChI=1S/C26H34FN3O/c1-28(26(31)18-21-9-11-23(27)12-10-21)24-13-16-29(17-14-24)15-5-6-22-19-30(20-22)25-7-3-2-4-8-25/h2-4,7-12,22,24H,5-6,13-20H2,1H3. The van der Waals surface area contributed by atoms with Gasteiger partial charge in [0.2, 0.25) is 5.91 Å². The number of carbonyl (C=O) groups is 1. The molecule has 0 aliphatic carbocycles. The van der Waals surface area contributed by atoms with Crippen LogP contribution in [0.2, 0.25) is 0 Å². The summed E-state index contributed by atoms with van der Waals surface area (Å²) in [6.45, 7) is 5.68. The Morgan fingerprint density at radius 3 is 2.39 bits per heavy atom. The summed E-state index contributed by atoms with van der Waals surface area (Å²) in [5, 5.41) is 0. The first-order valence-corrected chi connectivity index (χ1v) is 11.6. The van der Waals surface area contributed by atoms with Gasteiger partial charge < -0.3 is 14.7 Å². The van der Waals surface area contributed by atoms with Gasteiger partial charge in [-0.05, 0) is 68.0 Å². The van der Waals surface area contributed by atoms with Crippen molar-refractivity contribution in [2.75, 3.05) is 44.7 Å². The van der Waals surface area contributed by atoms with Gasteiger partial charge in [0.05, 0.1) is 6.42 Å². The van der Waals surface area contributed by atoms with E-state index in [9.17, 15) is 9.18 Å². The summed E-state index contributed by atoms with van der Waals surface area (Å²) in [7, 11) is 1.92. The second kappa shape index (κ2) is 10.3. The number of nitrogens with zero attached hydrogens (tertiary/aromatic N) is 3. The molecule has 2 aromatic rings. The fraction of sp³-hybridized carbons (Fsp3) is 0.500. The van der Waals surface area contributed by atoms with E-state index in [0.29, 0.717) is 12.5 Å². The molecule has 0 N–H and O–H groups in total. The van der Waals surface area contributed by atoms with Crippen LogP contribution in [0.15, 0.2) is 54.6 Å². The number of hydrogen-bond acceptors (Lipinski definition) is 3. The predicted molar refractivity (Wildman–Crippen MR) is 124 cm³/mol. The third-order valence-electron chi connectivity index (χ3n) is 6.93. The first kappa shape index (κ1) is 21.8. The number of piperidine rings is 1. The molecule has 4 nitrogen and oxygen atoms in total. The lowest BCUT2D eigenvalue weighted by atomic mass is 9.93. The molecule has 0 spiro atoms. The summed E-state index contributed by atoms with van der Waals surface area (Å²) in [5.41, 5.74) is 2.22. The highest BCUT2D eigenvalue weighted by Gasteiger charge is 2.28. The molecular formula is C26H34FN3O. The number of hydrogen-bond donors (Lipinski definition) is 0. The maximum Gasteiger partial charge on any atom is 0.226 e. The van der Waals surface area contributed by atoms with Crippen molar-refractivity contribution in [1.82, 2.24) is 9.80 Å². The van der Waals surface area contributed by atoms with Crippen LogP contribution in [0.25, 0.3) is 0 Å². The fourth-order valence-corrected chi connectivity index (χ4v) is 4.84. The van der Waals surface area contributed by atoms with E-state index in [2.05, 4.69) is 40.1 Å². The lowest BCUT2D eigenvalue weighted by molar-refractivity contribution is -0.132. The zero-order valence-electron chi connectivity index (χ0n) is 18.5. The Labute approximate surface area is 185 Å². The van der Waals surface area contributed by atoms with Crippen LogP contribution >= 0.6 is 0 Å². The highest BCUT2D eigenvalue weighted by atomic mass is 19.1. The highest BCUT2D eigenvalue weighted by Crippen LogP contribution is 2.27. The number of carbonyl (C=O) groups excluding carboxylic acids is 1. The molecule has 2 saturated heterocycles. The quantitative estimate of drug-likeness (QED) is 0.636. The van der Waals surface area contributed by atoms with Crippen molar-refractivity contribution in [1.29, 1.82) is 0 Å². The number of halogens is 1. The molecule has 2 heterocycles. The molecule has 2 aliphatic heterocycles. The van der Waals surface area contributed by atoms with E-state index in [1.165, 1.54) is 50.3 Å². The Balaban J connectivity index is 1.11. The first-order chi connectivity index (χ1) is 15.1. The molecule has 0 atom stereocenters. The van der Waals surface area contributed by atoms with Crippen molar-refractivity contribution < 1.29 is 9.18 Å². The van der Waals surface area contributed by atoms with Gasteiger partial charge in [-0.25, -0.2) is 4.39 Å². The molecule has 0 bridgehead atoms. The average Bonchev–Trinajstić information content (AvgIpc) is 2.77. The summed E-state index contributed by atoms with van der Waals surface area (Å²) < 4.78 is 13.1. The van der Waals surface area contributed by atoms with Crippen LogP contribution < -0.4 is 4.90 Å². The van der Waals surface area contributed by atoms with Gasteiger partial charge >= 0.3 is 0 Å². The van der Waals surface area contributed by atoms with Crippen LogP contribution in [0.1, 0.15) is 31.2 Å². The zero-order valence-corrected chi connectivity index (χ0v) is 18.5. The molecular weight excluding hydrogens is 389 g/mol. The van der Waals surface area contributed by atoms with Crippen LogP contribution in [-0.4, -0.2) is 61.5 Å². The van der Waals surface area contributed by atoms with Crippen molar-refractivity contribution in [2.24, 2.45) is 5.92 Å².